The molecule has 0 saturated carbocycles. The summed E-state index contributed by atoms with van der Waals surface area (Å²) >= 11 is 2.91. The molecule has 0 radical (unpaired) electrons. The Hall–Kier alpha value is -2.06. The predicted octanol–water partition coefficient (Wildman–Crippen LogP) is 3.65. The van der Waals surface area contributed by atoms with Gasteiger partial charge in [0, 0.05) is 10.9 Å². The smallest absolute Gasteiger partial charge is 0.348 e. The number of carbonyl (C=O) groups excluding carboxylic acids is 1. The van der Waals surface area contributed by atoms with Gasteiger partial charge in [0.25, 0.3) is 5.56 Å². The van der Waals surface area contributed by atoms with Gasteiger partial charge >= 0.3 is 5.97 Å². The molecule has 0 bridgehead atoms. The zero-order valence-electron chi connectivity index (χ0n) is 15.4. The second-order valence-electron chi connectivity index (χ2n) is 6.78. The molecule has 8 heteroatoms. The van der Waals surface area contributed by atoms with Crippen LogP contribution in [0.15, 0.2) is 16.9 Å². The number of ether oxygens (including phenoxy) is 1. The summed E-state index contributed by atoms with van der Waals surface area (Å²) in [6.45, 7) is 4.19. The third-order valence-corrected chi connectivity index (χ3v) is 7.23. The number of aromatic nitrogens is 3. The van der Waals surface area contributed by atoms with Gasteiger partial charge in [0.15, 0.2) is 0 Å². The minimum atomic E-state index is -0.344. The molecule has 1 atom stereocenters. The van der Waals surface area contributed by atoms with Crippen LogP contribution in [-0.2, 0) is 30.6 Å². The summed E-state index contributed by atoms with van der Waals surface area (Å²) in [7, 11) is 0. The number of aryl methyl sites for hydroxylation is 2. The van der Waals surface area contributed by atoms with Crippen molar-refractivity contribution >= 4 is 33.6 Å². The monoisotopic (exact) mass is 403 g/mol. The Bertz CT molecular complexity index is 1050. The molecular weight excluding hydrogens is 382 g/mol. The number of hydrogen-bond acceptors (Lipinski definition) is 7. The maximum absolute atomic E-state index is 12.5. The van der Waals surface area contributed by atoms with E-state index in [1.54, 1.807) is 0 Å². The van der Waals surface area contributed by atoms with E-state index >= 15 is 0 Å². The van der Waals surface area contributed by atoms with E-state index < -0.39 is 0 Å². The molecule has 142 valence electrons. The van der Waals surface area contributed by atoms with Gasteiger partial charge in [-0.3, -0.25) is 4.79 Å². The number of carbonyl (C=O) groups is 1. The van der Waals surface area contributed by atoms with Crippen LogP contribution in [-0.4, -0.2) is 20.6 Å². The molecule has 0 aliphatic heterocycles. The van der Waals surface area contributed by atoms with Crippen LogP contribution in [0.1, 0.15) is 57.5 Å². The second kappa shape index (κ2) is 7.52. The molecule has 0 spiro atoms. The highest BCUT2D eigenvalue weighted by Crippen LogP contribution is 2.33. The molecule has 0 N–H and O–H groups in total. The maximum Gasteiger partial charge on any atom is 0.348 e. The molecule has 3 aromatic rings. The van der Waals surface area contributed by atoms with Crippen LogP contribution >= 0.6 is 22.7 Å². The lowest BCUT2D eigenvalue weighted by Gasteiger charge is -2.19. The Balaban J connectivity index is 1.47. The lowest BCUT2D eigenvalue weighted by Crippen LogP contribution is -2.16. The third-order valence-electron chi connectivity index (χ3n) is 4.96. The fraction of sp³-hybridized carbons (Fsp3) is 0.474. The van der Waals surface area contributed by atoms with E-state index in [9.17, 15) is 9.59 Å². The first-order valence-electron chi connectivity index (χ1n) is 9.24. The van der Waals surface area contributed by atoms with Crippen LogP contribution in [0.2, 0.25) is 0 Å². The number of fused-ring (bicyclic) bond motifs is 2. The first-order chi connectivity index (χ1) is 13.1. The Morgan fingerprint density at radius 2 is 2.19 bits per heavy atom. The molecule has 3 aromatic heterocycles. The summed E-state index contributed by atoms with van der Waals surface area (Å²) in [6.07, 6.45) is 5.22. The Kier molecular flexibility index (Phi) is 5.10. The molecule has 0 amide bonds. The van der Waals surface area contributed by atoms with Crippen molar-refractivity contribution in [3.8, 4) is 0 Å². The fourth-order valence-corrected chi connectivity index (χ4v) is 5.33. The summed E-state index contributed by atoms with van der Waals surface area (Å²) < 4.78 is 6.73. The molecule has 1 aliphatic rings. The van der Waals surface area contributed by atoms with E-state index in [0.29, 0.717) is 21.4 Å². The number of thiophene rings is 1. The minimum absolute atomic E-state index is 0.00984. The van der Waals surface area contributed by atoms with Crippen LogP contribution in [0.4, 0.5) is 0 Å². The van der Waals surface area contributed by atoms with Crippen molar-refractivity contribution in [3.63, 3.8) is 0 Å². The normalized spacial score (nSPS) is 16.4. The van der Waals surface area contributed by atoms with E-state index in [1.165, 1.54) is 56.5 Å². The molecule has 1 aliphatic carbocycles. The van der Waals surface area contributed by atoms with Crippen LogP contribution < -0.4 is 5.56 Å². The average Bonchev–Trinajstić information content (AvgIpc) is 3.29. The van der Waals surface area contributed by atoms with Gasteiger partial charge in [-0.15, -0.1) is 11.3 Å². The van der Waals surface area contributed by atoms with Crippen molar-refractivity contribution in [1.82, 2.24) is 14.6 Å². The zero-order chi connectivity index (χ0) is 19.0. The van der Waals surface area contributed by atoms with Crippen molar-refractivity contribution in [2.75, 3.05) is 0 Å². The summed E-state index contributed by atoms with van der Waals surface area (Å²) in [6, 6.07) is 3.36. The van der Waals surface area contributed by atoms with Gasteiger partial charge in [-0.1, -0.05) is 31.6 Å². The zero-order valence-corrected chi connectivity index (χ0v) is 17.0. The highest BCUT2D eigenvalue weighted by molar-refractivity contribution is 7.16. The minimum Gasteiger partial charge on any atom is -0.455 e. The molecule has 4 rings (SSSR count). The molecule has 0 unspecified atom stereocenters. The van der Waals surface area contributed by atoms with Crippen LogP contribution in [0, 0.1) is 5.92 Å². The van der Waals surface area contributed by atoms with Crippen LogP contribution in [0.5, 0.6) is 0 Å². The first kappa shape index (κ1) is 18.3. The molecule has 0 fully saturated rings. The van der Waals surface area contributed by atoms with E-state index in [0.717, 1.165) is 24.3 Å². The van der Waals surface area contributed by atoms with E-state index in [-0.39, 0.29) is 18.1 Å². The summed E-state index contributed by atoms with van der Waals surface area (Å²) in [5.74, 6) is 0.371. The Morgan fingerprint density at radius 1 is 1.33 bits per heavy atom. The Labute approximate surface area is 164 Å². The maximum atomic E-state index is 12.5. The topological polar surface area (TPSA) is 73.6 Å². The van der Waals surface area contributed by atoms with Gasteiger partial charge in [-0.25, -0.2) is 9.78 Å². The molecule has 27 heavy (non-hydrogen) atoms. The summed E-state index contributed by atoms with van der Waals surface area (Å²) in [4.78, 5) is 31.5. The van der Waals surface area contributed by atoms with E-state index in [2.05, 4.69) is 17.0 Å². The quantitative estimate of drug-likeness (QED) is 0.608. The lowest BCUT2D eigenvalue weighted by molar-refractivity contribution is 0.0473. The number of rotatable bonds is 5. The molecule has 0 saturated heterocycles. The van der Waals surface area contributed by atoms with Crippen molar-refractivity contribution in [2.45, 2.75) is 52.6 Å². The SMILES string of the molecule is CCc1nn2c(=O)cc(COC(=O)c3cc4c(s3)CC[C@H](CC)C4)nc2s1. The van der Waals surface area contributed by atoms with Gasteiger partial charge in [-0.05, 0) is 43.2 Å². The summed E-state index contributed by atoms with van der Waals surface area (Å²) in [5.41, 5.74) is 1.49. The van der Waals surface area contributed by atoms with Gasteiger partial charge in [0.1, 0.15) is 16.5 Å². The lowest BCUT2D eigenvalue weighted by atomic mass is 9.87. The highest BCUT2D eigenvalue weighted by Gasteiger charge is 2.22. The van der Waals surface area contributed by atoms with Crippen LogP contribution in [0.3, 0.4) is 0 Å². The van der Waals surface area contributed by atoms with E-state index in [1.807, 2.05) is 13.0 Å². The van der Waals surface area contributed by atoms with Gasteiger partial charge in [0.2, 0.25) is 4.96 Å². The van der Waals surface area contributed by atoms with Crippen molar-refractivity contribution in [3.05, 3.63) is 48.5 Å². The number of esters is 1. The summed E-state index contributed by atoms with van der Waals surface area (Å²) in [5, 5.41) is 5.07. The molecular formula is C19H21N3O3S2. The van der Waals surface area contributed by atoms with Gasteiger partial charge in [-0.2, -0.15) is 9.61 Å². The Morgan fingerprint density at radius 3 is 2.96 bits per heavy atom. The number of hydrogen-bond donors (Lipinski definition) is 0. The number of nitrogens with zero attached hydrogens (tertiary/aromatic N) is 3. The standard InChI is InChI=1S/C19H21N3O3S2/c1-3-11-5-6-14-12(7-11)8-15(26-14)18(24)25-10-13-9-17(23)22-19(20-13)27-16(4-2)21-22/h8-9,11H,3-7,10H2,1-2H3/t11-/m0/s1. The largest absolute Gasteiger partial charge is 0.455 e. The van der Waals surface area contributed by atoms with Crippen LogP contribution in [0.25, 0.3) is 4.96 Å². The third kappa shape index (κ3) is 3.68. The van der Waals surface area contributed by atoms with Crippen molar-refractivity contribution < 1.29 is 9.53 Å². The second-order valence-corrected chi connectivity index (χ2v) is 8.96. The molecule has 6 nitrogen and oxygen atoms in total. The average molecular weight is 404 g/mol. The van der Waals surface area contributed by atoms with Gasteiger partial charge < -0.3 is 4.74 Å². The molecule has 3 heterocycles. The molecule has 0 aromatic carbocycles. The van der Waals surface area contributed by atoms with Crippen molar-refractivity contribution in [2.24, 2.45) is 5.92 Å². The van der Waals surface area contributed by atoms with Gasteiger partial charge in [0.05, 0.1) is 5.69 Å². The fourth-order valence-electron chi connectivity index (χ4n) is 3.37. The van der Waals surface area contributed by atoms with Crippen molar-refractivity contribution in [1.29, 1.82) is 0 Å². The first-order valence-corrected chi connectivity index (χ1v) is 10.9. The predicted molar refractivity (Wildman–Crippen MR) is 106 cm³/mol. The van der Waals surface area contributed by atoms with E-state index in [4.69, 9.17) is 4.74 Å². The highest BCUT2D eigenvalue weighted by atomic mass is 32.1.